The van der Waals surface area contributed by atoms with Crippen LogP contribution in [0, 0.1) is 0 Å². The Balaban J connectivity index is 2.28. The predicted octanol–water partition coefficient (Wildman–Crippen LogP) is 3.08. The van der Waals surface area contributed by atoms with Gasteiger partial charge in [-0.1, -0.05) is 48.5 Å². The van der Waals surface area contributed by atoms with E-state index in [1.165, 1.54) is 0 Å². The van der Waals surface area contributed by atoms with Crippen molar-refractivity contribution in [3.63, 3.8) is 0 Å². The second-order valence-corrected chi connectivity index (χ2v) is 4.15. The van der Waals surface area contributed by atoms with Gasteiger partial charge in [0.25, 0.3) is 0 Å². The number of hydrogen-bond donors (Lipinski definition) is 1. The van der Waals surface area contributed by atoms with Gasteiger partial charge in [-0.15, -0.1) is 0 Å². The van der Waals surface area contributed by atoms with Crippen molar-refractivity contribution in [2.24, 2.45) is 5.73 Å². The summed E-state index contributed by atoms with van der Waals surface area (Å²) in [6.45, 7) is 2.47. The summed E-state index contributed by atoms with van der Waals surface area (Å²) in [6.07, 6.45) is 0. The Kier molecular flexibility index (Phi) is 3.78. The maximum Gasteiger partial charge on any atom is 0.127 e. The summed E-state index contributed by atoms with van der Waals surface area (Å²) < 4.78 is 5.73. The molecular weight excluding hydrogens is 210 g/mol. The molecule has 2 rings (SSSR count). The maximum atomic E-state index is 5.73. The summed E-state index contributed by atoms with van der Waals surface area (Å²) in [5.41, 5.74) is 7.97. The zero-order valence-electron chi connectivity index (χ0n) is 9.97. The molecular formula is C15H17NO. The predicted molar refractivity (Wildman–Crippen MR) is 71.0 cm³/mol. The number of hydrogen-bond acceptors (Lipinski definition) is 2. The normalized spacial score (nSPS) is 12.1. The van der Waals surface area contributed by atoms with Gasteiger partial charge < -0.3 is 10.5 Å². The van der Waals surface area contributed by atoms with Gasteiger partial charge in [0, 0.05) is 11.6 Å². The quantitative estimate of drug-likeness (QED) is 0.871. The van der Waals surface area contributed by atoms with Crippen molar-refractivity contribution in [2.45, 2.75) is 13.0 Å². The molecule has 0 aliphatic rings. The molecule has 1 atom stereocenters. The first-order valence-corrected chi connectivity index (χ1v) is 5.80. The number of ether oxygens (including phenoxy) is 1. The summed E-state index contributed by atoms with van der Waals surface area (Å²) in [5, 5.41) is 0. The average molecular weight is 227 g/mol. The van der Waals surface area contributed by atoms with E-state index in [1.807, 2.05) is 43.3 Å². The highest BCUT2D eigenvalue weighted by Gasteiger charge is 2.05. The molecule has 2 aromatic carbocycles. The fourth-order valence-electron chi connectivity index (χ4n) is 1.67. The van der Waals surface area contributed by atoms with Gasteiger partial charge in [-0.05, 0) is 18.6 Å². The molecule has 0 aliphatic carbocycles. The van der Waals surface area contributed by atoms with E-state index >= 15 is 0 Å². The summed E-state index contributed by atoms with van der Waals surface area (Å²) in [6, 6.07) is 18.3. The molecule has 0 amide bonds. The van der Waals surface area contributed by atoms with E-state index in [4.69, 9.17) is 10.5 Å². The molecule has 17 heavy (non-hydrogen) atoms. The SMILES string of the molecule is C[C@@H](N)COc1ccccc1-c1ccccc1. The van der Waals surface area contributed by atoms with Crippen LogP contribution in [-0.4, -0.2) is 12.6 Å². The van der Waals surface area contributed by atoms with Gasteiger partial charge in [0.05, 0.1) is 0 Å². The number of rotatable bonds is 4. The monoisotopic (exact) mass is 227 g/mol. The fourth-order valence-corrected chi connectivity index (χ4v) is 1.67. The molecule has 0 fully saturated rings. The standard InChI is InChI=1S/C15H17NO/c1-12(16)11-17-15-10-6-5-9-14(15)13-7-3-2-4-8-13/h2-10,12H,11,16H2,1H3/t12-/m1/s1. The average Bonchev–Trinajstić information content (AvgIpc) is 2.38. The van der Waals surface area contributed by atoms with Gasteiger partial charge in [-0.25, -0.2) is 0 Å². The Bertz CT molecular complexity index is 465. The van der Waals surface area contributed by atoms with Crippen molar-refractivity contribution in [2.75, 3.05) is 6.61 Å². The zero-order chi connectivity index (χ0) is 12.1. The lowest BCUT2D eigenvalue weighted by Crippen LogP contribution is -2.23. The first-order valence-electron chi connectivity index (χ1n) is 5.80. The molecule has 88 valence electrons. The molecule has 0 spiro atoms. The number of benzene rings is 2. The van der Waals surface area contributed by atoms with E-state index in [9.17, 15) is 0 Å². The van der Waals surface area contributed by atoms with Crippen LogP contribution in [0.15, 0.2) is 54.6 Å². The highest BCUT2D eigenvalue weighted by atomic mass is 16.5. The highest BCUT2D eigenvalue weighted by Crippen LogP contribution is 2.29. The van der Waals surface area contributed by atoms with Crippen LogP contribution in [0.2, 0.25) is 0 Å². The fraction of sp³-hybridized carbons (Fsp3) is 0.200. The van der Waals surface area contributed by atoms with E-state index in [-0.39, 0.29) is 6.04 Å². The summed E-state index contributed by atoms with van der Waals surface area (Å²) >= 11 is 0. The minimum Gasteiger partial charge on any atom is -0.491 e. The van der Waals surface area contributed by atoms with Crippen LogP contribution in [0.25, 0.3) is 11.1 Å². The van der Waals surface area contributed by atoms with Crippen molar-refractivity contribution in [1.29, 1.82) is 0 Å². The van der Waals surface area contributed by atoms with Gasteiger partial charge in [-0.2, -0.15) is 0 Å². The molecule has 0 heterocycles. The maximum absolute atomic E-state index is 5.73. The molecule has 2 N–H and O–H groups in total. The summed E-state index contributed by atoms with van der Waals surface area (Å²) in [7, 11) is 0. The number of nitrogens with two attached hydrogens (primary N) is 1. The van der Waals surface area contributed by atoms with Gasteiger partial charge >= 0.3 is 0 Å². The van der Waals surface area contributed by atoms with Gasteiger partial charge in [0.2, 0.25) is 0 Å². The minimum absolute atomic E-state index is 0.0406. The van der Waals surface area contributed by atoms with Crippen LogP contribution in [0.1, 0.15) is 6.92 Å². The topological polar surface area (TPSA) is 35.2 Å². The number of para-hydroxylation sites is 1. The third-order valence-corrected chi connectivity index (χ3v) is 2.47. The Labute approximate surface area is 102 Å². The van der Waals surface area contributed by atoms with E-state index < -0.39 is 0 Å². The van der Waals surface area contributed by atoms with Crippen LogP contribution in [0.3, 0.4) is 0 Å². The molecule has 2 nitrogen and oxygen atoms in total. The second kappa shape index (κ2) is 5.51. The molecule has 0 aromatic heterocycles. The van der Waals surface area contributed by atoms with Crippen molar-refractivity contribution in [3.05, 3.63) is 54.6 Å². The van der Waals surface area contributed by atoms with Gasteiger partial charge in [0.15, 0.2) is 0 Å². The highest BCUT2D eigenvalue weighted by molar-refractivity contribution is 5.70. The van der Waals surface area contributed by atoms with E-state index in [0.717, 1.165) is 16.9 Å². The Morgan fingerprint density at radius 2 is 1.65 bits per heavy atom. The third-order valence-electron chi connectivity index (χ3n) is 2.47. The smallest absolute Gasteiger partial charge is 0.127 e. The first kappa shape index (κ1) is 11.7. The molecule has 0 radical (unpaired) electrons. The Hall–Kier alpha value is -1.80. The molecule has 0 aliphatic heterocycles. The lowest BCUT2D eigenvalue weighted by atomic mass is 10.1. The van der Waals surface area contributed by atoms with Crippen LogP contribution < -0.4 is 10.5 Å². The van der Waals surface area contributed by atoms with E-state index in [1.54, 1.807) is 0 Å². The minimum atomic E-state index is 0.0406. The van der Waals surface area contributed by atoms with Crippen LogP contribution >= 0.6 is 0 Å². The Morgan fingerprint density at radius 3 is 2.35 bits per heavy atom. The third kappa shape index (κ3) is 3.08. The van der Waals surface area contributed by atoms with Crippen LogP contribution in [0.4, 0.5) is 0 Å². The largest absolute Gasteiger partial charge is 0.491 e. The molecule has 0 bridgehead atoms. The van der Waals surface area contributed by atoms with E-state index in [0.29, 0.717) is 6.61 Å². The lowest BCUT2D eigenvalue weighted by Gasteiger charge is -2.13. The van der Waals surface area contributed by atoms with Crippen LogP contribution in [0.5, 0.6) is 5.75 Å². The van der Waals surface area contributed by atoms with Crippen molar-refractivity contribution in [3.8, 4) is 16.9 Å². The first-order chi connectivity index (χ1) is 8.27. The zero-order valence-corrected chi connectivity index (χ0v) is 9.97. The van der Waals surface area contributed by atoms with E-state index in [2.05, 4.69) is 18.2 Å². The second-order valence-electron chi connectivity index (χ2n) is 4.15. The lowest BCUT2D eigenvalue weighted by molar-refractivity contribution is 0.297. The molecule has 2 heteroatoms. The summed E-state index contributed by atoms with van der Waals surface area (Å²) in [5.74, 6) is 0.885. The Morgan fingerprint density at radius 1 is 1.00 bits per heavy atom. The molecule has 0 saturated carbocycles. The van der Waals surface area contributed by atoms with Gasteiger partial charge in [0.1, 0.15) is 12.4 Å². The van der Waals surface area contributed by atoms with Crippen molar-refractivity contribution in [1.82, 2.24) is 0 Å². The molecule has 0 saturated heterocycles. The molecule has 2 aromatic rings. The summed E-state index contributed by atoms with van der Waals surface area (Å²) in [4.78, 5) is 0. The van der Waals surface area contributed by atoms with Crippen molar-refractivity contribution >= 4 is 0 Å². The molecule has 0 unspecified atom stereocenters. The van der Waals surface area contributed by atoms with Gasteiger partial charge in [-0.3, -0.25) is 0 Å². The van der Waals surface area contributed by atoms with Crippen molar-refractivity contribution < 1.29 is 4.74 Å². The van der Waals surface area contributed by atoms with Crippen LogP contribution in [-0.2, 0) is 0 Å².